The molecule has 16 atom stereocenters. The van der Waals surface area contributed by atoms with Gasteiger partial charge in [0.15, 0.2) is 8.32 Å². The maximum atomic E-state index is 14.5. The molecule has 0 aromatic rings. The Bertz CT molecular complexity index is 1310. The van der Waals surface area contributed by atoms with E-state index in [1.807, 2.05) is 0 Å². The van der Waals surface area contributed by atoms with Gasteiger partial charge in [-0.1, -0.05) is 31.9 Å². The molecule has 0 aromatic heterocycles. The number of rotatable bonds is 4. The van der Waals surface area contributed by atoms with Crippen molar-refractivity contribution in [3.05, 3.63) is 0 Å². The summed E-state index contributed by atoms with van der Waals surface area (Å²) < 4.78 is 18.2. The molecule has 12 saturated carbocycles. The third-order valence-corrected chi connectivity index (χ3v) is 19.5. The number of hydrogen-bond acceptors (Lipinski definition) is 6. The van der Waals surface area contributed by atoms with Gasteiger partial charge < -0.3 is 13.9 Å². The van der Waals surface area contributed by atoms with E-state index in [0.717, 1.165) is 0 Å². The monoisotopic (exact) mass is 634 g/mol. The van der Waals surface area contributed by atoms with Crippen LogP contribution in [0.15, 0.2) is 0 Å². The van der Waals surface area contributed by atoms with Crippen LogP contribution >= 0.6 is 31.9 Å². The first-order valence-corrected chi connectivity index (χ1v) is 18.7. The van der Waals surface area contributed by atoms with Crippen molar-refractivity contribution >= 4 is 57.9 Å². The molecule has 2 spiro atoms. The van der Waals surface area contributed by atoms with Crippen LogP contribution < -0.4 is 0 Å². The Morgan fingerprint density at radius 3 is 1.72 bits per heavy atom. The topological polar surface area (TPSA) is 78.9 Å². The summed E-state index contributed by atoms with van der Waals surface area (Å²) in [6.45, 7) is 6.78. The van der Waals surface area contributed by atoms with Crippen molar-refractivity contribution in [2.45, 2.75) is 33.9 Å². The molecule has 0 heterocycles. The lowest BCUT2D eigenvalue weighted by molar-refractivity contribution is -0.174. The number of alkyl halides is 2. The maximum absolute atomic E-state index is 14.5. The van der Waals surface area contributed by atoms with E-state index in [1.54, 1.807) is 7.11 Å². The molecule has 16 unspecified atom stereocenters. The molecule has 0 saturated heterocycles. The summed E-state index contributed by atoms with van der Waals surface area (Å²) in [7, 11) is 0.973. The molecule has 36 heavy (non-hydrogen) atoms. The minimum atomic E-state index is -2.11. The van der Waals surface area contributed by atoms with E-state index in [0.29, 0.717) is 5.78 Å². The summed E-state index contributed by atoms with van der Waals surface area (Å²) >= 11 is 9.11. The van der Waals surface area contributed by atoms with Gasteiger partial charge in [-0.2, -0.15) is 0 Å². The number of halogens is 2. The molecule has 12 rings (SSSR count). The number of ether oxygens (including phenoxy) is 2. The van der Waals surface area contributed by atoms with Gasteiger partial charge in [0.05, 0.1) is 25.7 Å². The molecule has 9 heteroatoms. The van der Waals surface area contributed by atoms with Crippen molar-refractivity contribution in [1.29, 1.82) is 0 Å². The Morgan fingerprint density at radius 2 is 1.31 bits per heavy atom. The highest BCUT2D eigenvalue weighted by Gasteiger charge is 3.21. The Morgan fingerprint density at radius 1 is 0.806 bits per heavy atom. The van der Waals surface area contributed by atoms with Crippen LogP contribution in [0.25, 0.3) is 0 Å². The zero-order valence-electron chi connectivity index (χ0n) is 20.7. The highest BCUT2D eigenvalue weighted by Crippen LogP contribution is 3.16. The van der Waals surface area contributed by atoms with Crippen LogP contribution in [-0.4, -0.2) is 54.5 Å². The van der Waals surface area contributed by atoms with E-state index in [2.05, 4.69) is 51.5 Å². The van der Waals surface area contributed by atoms with Crippen molar-refractivity contribution in [2.24, 2.45) is 93.2 Å². The van der Waals surface area contributed by atoms with E-state index in [-0.39, 0.29) is 108 Å². The van der Waals surface area contributed by atoms with Gasteiger partial charge in [0, 0.05) is 43.2 Å². The normalized spacial score (nSPS) is 75.9. The number of carbonyl (C=O) groups excluding carboxylic acids is 3. The van der Waals surface area contributed by atoms with Gasteiger partial charge in [-0.15, -0.1) is 0 Å². The van der Waals surface area contributed by atoms with Gasteiger partial charge in [0.25, 0.3) is 0 Å². The molecule has 12 aliphatic carbocycles. The van der Waals surface area contributed by atoms with Gasteiger partial charge in [0.2, 0.25) is 0 Å². The predicted octanol–water partition coefficient (Wildman–Crippen LogP) is 2.88. The minimum Gasteiger partial charge on any atom is -0.469 e. The SMILES string of the molecule is COC(=O)C1C2C3C4C5C6(Br)C7C8C9C%10C(Br)(C3C5(C(=O)OC)C%107O[Si](C)(C)C)C23C9C(=O)C8C63C14. The largest absolute Gasteiger partial charge is 0.469 e. The average molecular weight is 636 g/mol. The predicted molar refractivity (Wildman–Crippen MR) is 132 cm³/mol. The first-order chi connectivity index (χ1) is 16.9. The summed E-state index contributed by atoms with van der Waals surface area (Å²) in [6.07, 6.45) is 0. The summed E-state index contributed by atoms with van der Waals surface area (Å²) in [5.41, 5.74) is -1.86. The van der Waals surface area contributed by atoms with Gasteiger partial charge in [0.1, 0.15) is 11.2 Å². The molecular formula is C27H28Br2O6Si. The molecule has 0 aliphatic heterocycles. The highest BCUT2D eigenvalue weighted by molar-refractivity contribution is 9.10. The molecule has 0 aromatic carbocycles. The number of esters is 2. The van der Waals surface area contributed by atoms with E-state index in [9.17, 15) is 14.4 Å². The third kappa shape index (κ3) is 1.07. The number of hydrogen-bond donors (Lipinski definition) is 0. The van der Waals surface area contributed by atoms with Gasteiger partial charge in [-0.3, -0.25) is 14.4 Å². The minimum absolute atomic E-state index is 0.00554. The van der Waals surface area contributed by atoms with Crippen LogP contribution in [0.5, 0.6) is 0 Å². The molecule has 12 aliphatic rings. The molecular weight excluding hydrogens is 608 g/mol. The Labute approximate surface area is 226 Å². The second kappa shape index (κ2) is 4.60. The smallest absolute Gasteiger partial charge is 0.315 e. The van der Waals surface area contributed by atoms with Crippen molar-refractivity contribution < 1.29 is 28.3 Å². The number of methoxy groups -OCH3 is 2. The van der Waals surface area contributed by atoms with Gasteiger partial charge >= 0.3 is 11.9 Å². The van der Waals surface area contributed by atoms with Gasteiger partial charge in [-0.05, 0) is 67.0 Å². The van der Waals surface area contributed by atoms with E-state index in [1.165, 1.54) is 7.11 Å². The zero-order valence-corrected chi connectivity index (χ0v) is 24.9. The lowest BCUT2D eigenvalue weighted by Crippen LogP contribution is -2.60. The first-order valence-electron chi connectivity index (χ1n) is 13.7. The first kappa shape index (κ1) is 20.6. The fraction of sp³-hybridized carbons (Fsp3) is 0.889. The maximum Gasteiger partial charge on any atom is 0.315 e. The Hall–Kier alpha value is -0.253. The van der Waals surface area contributed by atoms with Crippen molar-refractivity contribution in [3.8, 4) is 0 Å². The highest BCUT2D eigenvalue weighted by atomic mass is 79.9. The molecule has 4 bridgehead atoms. The fourth-order valence-corrected chi connectivity index (χ4v) is 23.1. The lowest BCUT2D eigenvalue weighted by Gasteiger charge is -2.54. The second-order valence-corrected chi connectivity index (χ2v) is 22.4. The fourth-order valence-electron chi connectivity index (χ4n) is 17.3. The summed E-state index contributed by atoms with van der Waals surface area (Å²) in [4.78, 5) is 42.6. The quantitative estimate of drug-likeness (QED) is 0.269. The molecule has 0 radical (unpaired) electrons. The van der Waals surface area contributed by atoms with Gasteiger partial charge in [-0.25, -0.2) is 0 Å². The summed E-state index contributed by atoms with van der Waals surface area (Å²) in [5, 5.41) is 0. The Balaban J connectivity index is 1.37. The second-order valence-electron chi connectivity index (χ2n) is 15.3. The lowest BCUT2D eigenvalue weighted by atomic mass is 9.51. The zero-order chi connectivity index (χ0) is 24.9. The van der Waals surface area contributed by atoms with Crippen LogP contribution in [0.1, 0.15) is 0 Å². The molecule has 12 fully saturated rings. The summed E-state index contributed by atoms with van der Waals surface area (Å²) in [6, 6.07) is 0. The van der Waals surface area contributed by atoms with Crippen LogP contribution in [0.2, 0.25) is 19.6 Å². The average Bonchev–Trinajstić information content (AvgIpc) is 3.62. The van der Waals surface area contributed by atoms with Crippen LogP contribution in [0, 0.1) is 93.2 Å². The molecule has 0 N–H and O–H groups in total. The molecule has 0 amide bonds. The van der Waals surface area contributed by atoms with Crippen molar-refractivity contribution in [2.75, 3.05) is 14.2 Å². The van der Waals surface area contributed by atoms with Crippen LogP contribution in [-0.2, 0) is 28.3 Å². The number of carbonyl (C=O) groups is 3. The number of Topliss-reactive ketones (excluding diaryl/α,β-unsaturated/α-hetero) is 1. The van der Waals surface area contributed by atoms with Crippen molar-refractivity contribution in [1.82, 2.24) is 0 Å². The number of ketones is 1. The van der Waals surface area contributed by atoms with Crippen LogP contribution in [0.3, 0.4) is 0 Å². The molecule has 190 valence electrons. The third-order valence-electron chi connectivity index (χ3n) is 15.2. The van der Waals surface area contributed by atoms with Crippen LogP contribution in [0.4, 0.5) is 0 Å². The standard InChI is InChI=1S/C27H28Br2O6Si/c1-33-20(31)10-11-6-7-12(10)24-14-9-8-13(15(14)30)23(11,24)25(28)16(6)22(21(32)34-2)17(7)26(24,29)19(9)27(22,18(8)25)35-36(3,4)5/h6-14,16-19H,1-5H3. The summed E-state index contributed by atoms with van der Waals surface area (Å²) in [5.74, 6) is 1.78. The Kier molecular flexibility index (Phi) is 2.64. The molecule has 6 nitrogen and oxygen atoms in total. The van der Waals surface area contributed by atoms with Crippen molar-refractivity contribution in [3.63, 3.8) is 0 Å². The van der Waals surface area contributed by atoms with E-state index < -0.39 is 19.3 Å². The van der Waals surface area contributed by atoms with E-state index in [4.69, 9.17) is 13.9 Å². The van der Waals surface area contributed by atoms with E-state index >= 15 is 0 Å².